The van der Waals surface area contributed by atoms with Crippen LogP contribution >= 0.6 is 0 Å². The van der Waals surface area contributed by atoms with Crippen LogP contribution in [0.3, 0.4) is 0 Å². The molecule has 0 saturated heterocycles. The molecule has 0 bridgehead atoms. The standard InChI is InChI=1S/C20H21F3N2O3S/c21-20(22,23)29(27,28)25-14-8-6-12(7-9-14)17-10-15(11-19(26)13-4-5-13)24-18-3-1-2-16(17)18/h1-2,6,10,13-14,25H,3-5,7-9,11H2. The molecule has 0 aromatic carbocycles. The monoisotopic (exact) mass is 426 g/mol. The molecule has 1 saturated carbocycles. The molecule has 1 atom stereocenters. The molecule has 0 spiro atoms. The summed E-state index contributed by atoms with van der Waals surface area (Å²) in [5.74, 6) is 0.358. The second-order valence-electron chi connectivity index (χ2n) is 7.81. The quantitative estimate of drug-likeness (QED) is 0.755. The number of hydrogen-bond acceptors (Lipinski definition) is 4. The molecule has 3 aliphatic carbocycles. The normalized spacial score (nSPS) is 21.8. The van der Waals surface area contributed by atoms with Crippen LogP contribution in [-0.4, -0.2) is 30.7 Å². The van der Waals surface area contributed by atoms with E-state index in [2.05, 4.69) is 4.98 Å². The van der Waals surface area contributed by atoms with E-state index in [4.69, 9.17) is 0 Å². The second-order valence-corrected chi connectivity index (χ2v) is 9.52. The molecule has 0 aliphatic heterocycles. The summed E-state index contributed by atoms with van der Waals surface area (Å²) in [5.41, 5.74) is -0.802. The van der Waals surface area contributed by atoms with Crippen molar-refractivity contribution in [1.82, 2.24) is 9.71 Å². The Morgan fingerprint density at radius 3 is 2.62 bits per heavy atom. The molecular weight excluding hydrogens is 405 g/mol. The lowest BCUT2D eigenvalue weighted by Gasteiger charge is -2.24. The molecule has 0 radical (unpaired) electrons. The fourth-order valence-corrected chi connectivity index (χ4v) is 4.64. The number of nitrogens with zero attached hydrogens (tertiary/aromatic N) is 1. The van der Waals surface area contributed by atoms with Gasteiger partial charge in [-0.05, 0) is 49.3 Å². The van der Waals surface area contributed by atoms with Crippen LogP contribution in [0, 0.1) is 5.92 Å². The average Bonchev–Trinajstić information content (AvgIpc) is 3.39. The third-order valence-corrected chi connectivity index (χ3v) is 6.81. The maximum Gasteiger partial charge on any atom is 0.511 e. The van der Waals surface area contributed by atoms with Gasteiger partial charge < -0.3 is 0 Å². The zero-order valence-corrected chi connectivity index (χ0v) is 16.4. The first-order valence-electron chi connectivity index (χ1n) is 9.64. The lowest BCUT2D eigenvalue weighted by molar-refractivity contribution is -0.119. The molecule has 1 unspecified atom stereocenters. The Bertz CT molecular complexity index is 1010. The lowest BCUT2D eigenvalue weighted by atomic mass is 9.88. The molecule has 1 aromatic rings. The van der Waals surface area contributed by atoms with Crippen LogP contribution in [0.25, 0.3) is 11.6 Å². The van der Waals surface area contributed by atoms with Gasteiger partial charge in [0.1, 0.15) is 5.78 Å². The highest BCUT2D eigenvalue weighted by Gasteiger charge is 2.46. The highest BCUT2D eigenvalue weighted by molar-refractivity contribution is 7.90. The fraction of sp³-hybridized carbons (Fsp3) is 0.500. The smallest absolute Gasteiger partial charge is 0.299 e. The van der Waals surface area contributed by atoms with Crippen LogP contribution < -0.4 is 4.72 Å². The largest absolute Gasteiger partial charge is 0.511 e. The first-order chi connectivity index (χ1) is 13.6. The summed E-state index contributed by atoms with van der Waals surface area (Å²) in [6.45, 7) is 0. The van der Waals surface area contributed by atoms with Crippen molar-refractivity contribution in [3.63, 3.8) is 0 Å². The topological polar surface area (TPSA) is 76.1 Å². The van der Waals surface area contributed by atoms with Crippen molar-refractivity contribution in [2.24, 2.45) is 5.92 Å². The first kappa shape index (κ1) is 20.3. The molecule has 29 heavy (non-hydrogen) atoms. The van der Waals surface area contributed by atoms with E-state index in [0.717, 1.165) is 40.9 Å². The molecule has 4 rings (SSSR count). The van der Waals surface area contributed by atoms with Crippen molar-refractivity contribution < 1.29 is 26.4 Å². The molecule has 1 heterocycles. The third-order valence-electron chi connectivity index (χ3n) is 5.56. The number of halogens is 3. The minimum atomic E-state index is -5.35. The maximum atomic E-state index is 12.6. The average molecular weight is 426 g/mol. The van der Waals surface area contributed by atoms with Gasteiger partial charge in [0.05, 0.1) is 5.69 Å². The molecule has 9 heteroatoms. The zero-order valence-electron chi connectivity index (χ0n) is 15.6. The molecule has 1 N–H and O–H groups in total. The molecule has 0 amide bonds. The Balaban J connectivity index is 1.54. The third kappa shape index (κ3) is 4.30. The predicted octanol–water partition coefficient (Wildman–Crippen LogP) is 3.55. The fourth-order valence-electron chi connectivity index (χ4n) is 3.85. The Morgan fingerprint density at radius 1 is 1.24 bits per heavy atom. The van der Waals surface area contributed by atoms with Gasteiger partial charge in [-0.25, -0.2) is 13.1 Å². The number of pyridine rings is 1. The van der Waals surface area contributed by atoms with Gasteiger partial charge >= 0.3 is 15.5 Å². The molecule has 1 fully saturated rings. The minimum absolute atomic E-state index is 0.155. The molecule has 156 valence electrons. The van der Waals surface area contributed by atoms with Gasteiger partial charge in [-0.15, -0.1) is 0 Å². The van der Waals surface area contributed by atoms with Gasteiger partial charge in [0.2, 0.25) is 0 Å². The molecular formula is C20H21F3N2O3S. The lowest BCUT2D eigenvalue weighted by Crippen LogP contribution is -2.43. The summed E-state index contributed by atoms with van der Waals surface area (Å²) in [7, 11) is -5.35. The van der Waals surface area contributed by atoms with E-state index >= 15 is 0 Å². The molecule has 1 aromatic heterocycles. The van der Waals surface area contributed by atoms with Crippen molar-refractivity contribution >= 4 is 27.5 Å². The molecule has 3 aliphatic rings. The van der Waals surface area contributed by atoms with E-state index in [0.29, 0.717) is 19.3 Å². The number of allylic oxidation sites excluding steroid dienone is 2. The predicted molar refractivity (Wildman–Crippen MR) is 102 cm³/mol. The Morgan fingerprint density at radius 2 is 2.00 bits per heavy atom. The van der Waals surface area contributed by atoms with E-state index < -0.39 is 21.6 Å². The first-order valence-corrected chi connectivity index (χ1v) is 11.1. The number of ketones is 1. The number of fused-ring (bicyclic) bond motifs is 1. The number of alkyl halides is 3. The van der Waals surface area contributed by atoms with Gasteiger partial charge in [-0.2, -0.15) is 13.2 Å². The van der Waals surface area contributed by atoms with Gasteiger partial charge in [-0.1, -0.05) is 18.2 Å². The summed E-state index contributed by atoms with van der Waals surface area (Å²) in [6.07, 6.45) is 9.55. The van der Waals surface area contributed by atoms with E-state index in [9.17, 15) is 26.4 Å². The van der Waals surface area contributed by atoms with E-state index in [1.54, 1.807) is 10.8 Å². The van der Waals surface area contributed by atoms with Gasteiger partial charge in [0.15, 0.2) is 0 Å². The summed E-state index contributed by atoms with van der Waals surface area (Å²) < 4.78 is 62.1. The number of carbonyl (C=O) groups excluding carboxylic acids is 1. The molecule has 5 nitrogen and oxygen atoms in total. The van der Waals surface area contributed by atoms with E-state index in [1.807, 2.05) is 18.2 Å². The summed E-state index contributed by atoms with van der Waals surface area (Å²) in [6, 6.07) is 1.12. The number of carbonyl (C=O) groups is 1. The van der Waals surface area contributed by atoms with Crippen molar-refractivity contribution in [2.75, 3.05) is 0 Å². The maximum absolute atomic E-state index is 12.6. The number of Topliss-reactive ketones (excluding diaryl/α,β-unsaturated/α-hetero) is 1. The van der Waals surface area contributed by atoms with Crippen LogP contribution in [-0.2, 0) is 27.7 Å². The van der Waals surface area contributed by atoms with E-state index in [1.165, 1.54) is 0 Å². The van der Waals surface area contributed by atoms with Gasteiger partial charge in [-0.3, -0.25) is 9.78 Å². The number of sulfonamides is 1. The van der Waals surface area contributed by atoms with Crippen molar-refractivity contribution in [1.29, 1.82) is 0 Å². The number of hydrogen-bond donors (Lipinski definition) is 1. The summed E-state index contributed by atoms with van der Waals surface area (Å²) in [4.78, 5) is 16.8. The second kappa shape index (κ2) is 7.36. The highest BCUT2D eigenvalue weighted by atomic mass is 32.2. The van der Waals surface area contributed by atoms with Gasteiger partial charge in [0.25, 0.3) is 0 Å². The van der Waals surface area contributed by atoms with Crippen LogP contribution in [0.15, 0.2) is 18.2 Å². The Kier molecular flexibility index (Phi) is 5.14. The SMILES string of the molecule is O=C(Cc1cc(C2=CCC(NS(=O)(=O)C(F)(F)F)CC2)c2c(n1)CC=C2)C1CC1. The number of rotatable bonds is 6. The van der Waals surface area contributed by atoms with Crippen LogP contribution in [0.2, 0.25) is 0 Å². The van der Waals surface area contributed by atoms with Crippen molar-refractivity contribution in [3.8, 4) is 0 Å². The highest BCUT2D eigenvalue weighted by Crippen LogP contribution is 2.36. The Labute approximate surface area is 167 Å². The van der Waals surface area contributed by atoms with Crippen molar-refractivity contribution in [3.05, 3.63) is 40.7 Å². The minimum Gasteiger partial charge on any atom is -0.299 e. The Hall–Kier alpha value is -2.00. The zero-order chi connectivity index (χ0) is 20.8. The van der Waals surface area contributed by atoms with Crippen molar-refractivity contribution in [2.45, 2.75) is 56.5 Å². The van der Waals surface area contributed by atoms with E-state index in [-0.39, 0.29) is 24.5 Å². The van der Waals surface area contributed by atoms with Crippen LogP contribution in [0.5, 0.6) is 0 Å². The van der Waals surface area contributed by atoms with Crippen LogP contribution in [0.4, 0.5) is 13.2 Å². The summed E-state index contributed by atoms with van der Waals surface area (Å²) >= 11 is 0. The van der Waals surface area contributed by atoms with Crippen LogP contribution in [0.1, 0.15) is 54.6 Å². The van der Waals surface area contributed by atoms with Gasteiger partial charge in [0, 0.05) is 36.1 Å². The summed E-state index contributed by atoms with van der Waals surface area (Å²) in [5, 5.41) is 0. The number of aromatic nitrogens is 1. The number of nitrogens with one attached hydrogen (secondary N) is 1.